The molecule has 1 aliphatic carbocycles. The van der Waals surface area contributed by atoms with E-state index in [0.29, 0.717) is 17.5 Å². The first-order valence-corrected chi connectivity index (χ1v) is 15.1. The van der Waals surface area contributed by atoms with Crippen LogP contribution in [0.25, 0.3) is 10.9 Å². The summed E-state index contributed by atoms with van der Waals surface area (Å²) in [4.78, 5) is 15.5. The molecule has 204 valence electrons. The molecule has 0 spiro atoms. The molecule has 0 N–H and O–H groups in total. The Morgan fingerprint density at radius 2 is 1.73 bits per heavy atom. The van der Waals surface area contributed by atoms with E-state index in [4.69, 9.17) is 9.47 Å². The number of para-hydroxylation sites is 1. The summed E-state index contributed by atoms with van der Waals surface area (Å²) in [5, 5.41) is 0.818. The number of fused-ring (bicyclic) bond motifs is 6. The summed E-state index contributed by atoms with van der Waals surface area (Å²) in [7, 11) is -3.87. The third-order valence-electron chi connectivity index (χ3n) is 8.35. The number of carbonyl (C=O) groups is 1. The zero-order chi connectivity index (χ0) is 27.6. The lowest BCUT2D eigenvalue weighted by Gasteiger charge is -2.38. The van der Waals surface area contributed by atoms with Gasteiger partial charge < -0.3 is 9.47 Å². The summed E-state index contributed by atoms with van der Waals surface area (Å²) in [6.45, 7) is 4.00. The molecule has 2 aliphatic heterocycles. The number of rotatable bonds is 5. The van der Waals surface area contributed by atoms with Crippen LogP contribution in [0.5, 0.6) is 0 Å². The first kappa shape index (κ1) is 25.3. The standard InChI is InChI=1S/C32H30N2O5S/c1-3-38-32(35)22-16-28(34-30(18-22)39-29-17-21-8-4-5-9-24(21)31(29)34)26-19-33(27-11-7-6-10-25(26)27)40(36,37)23-14-12-20(2)13-15-23/h4-16,19,28-31H,3,17-18H2,1-2H3/t28-,29-,30-,31+/m1/s1. The van der Waals surface area contributed by atoms with Crippen molar-refractivity contribution in [3.8, 4) is 0 Å². The molecule has 0 radical (unpaired) electrons. The summed E-state index contributed by atoms with van der Waals surface area (Å²) < 4.78 is 41.2. The number of esters is 1. The average Bonchev–Trinajstić information content (AvgIpc) is 3.63. The van der Waals surface area contributed by atoms with Gasteiger partial charge in [0.25, 0.3) is 10.0 Å². The molecular formula is C32H30N2O5S. The van der Waals surface area contributed by atoms with Gasteiger partial charge in [0.15, 0.2) is 0 Å². The van der Waals surface area contributed by atoms with Gasteiger partial charge in [-0.3, -0.25) is 4.90 Å². The maximum Gasteiger partial charge on any atom is 0.333 e. The highest BCUT2D eigenvalue weighted by molar-refractivity contribution is 7.90. The van der Waals surface area contributed by atoms with E-state index >= 15 is 0 Å². The molecule has 3 heterocycles. The molecular weight excluding hydrogens is 524 g/mol. The van der Waals surface area contributed by atoms with Gasteiger partial charge >= 0.3 is 5.97 Å². The summed E-state index contributed by atoms with van der Waals surface area (Å²) in [6.07, 6.45) is 4.54. The molecule has 3 aromatic carbocycles. The van der Waals surface area contributed by atoms with Gasteiger partial charge in [-0.25, -0.2) is 17.2 Å². The van der Waals surface area contributed by atoms with Gasteiger partial charge in [-0.15, -0.1) is 0 Å². The number of benzene rings is 3. The first-order chi connectivity index (χ1) is 19.4. The summed E-state index contributed by atoms with van der Waals surface area (Å²) in [5.74, 6) is -0.357. The van der Waals surface area contributed by atoms with Gasteiger partial charge in [-0.2, -0.15) is 0 Å². The summed E-state index contributed by atoms with van der Waals surface area (Å²) in [6, 6.07) is 22.4. The van der Waals surface area contributed by atoms with Crippen molar-refractivity contribution in [2.24, 2.45) is 0 Å². The Morgan fingerprint density at radius 3 is 2.52 bits per heavy atom. The average molecular weight is 555 g/mol. The van der Waals surface area contributed by atoms with Gasteiger partial charge in [0, 0.05) is 35.6 Å². The smallest absolute Gasteiger partial charge is 0.333 e. The lowest BCUT2D eigenvalue weighted by Crippen LogP contribution is -2.39. The SMILES string of the molecule is CCOC(=O)C1=C[C@H](c2cn(S(=O)(=O)c3ccc(C)cc3)c3ccccc23)N2[C@@H](C1)O[C@@H]1Cc3ccccc3[C@@H]12. The van der Waals surface area contributed by atoms with Gasteiger partial charge in [-0.05, 0) is 43.2 Å². The fourth-order valence-electron chi connectivity index (χ4n) is 6.56. The lowest BCUT2D eigenvalue weighted by atomic mass is 9.92. The van der Waals surface area contributed by atoms with Gasteiger partial charge in [0.05, 0.1) is 35.2 Å². The highest BCUT2D eigenvalue weighted by Crippen LogP contribution is 2.52. The molecule has 3 aliphatic rings. The predicted octanol–water partition coefficient (Wildman–Crippen LogP) is 5.45. The van der Waals surface area contributed by atoms with E-state index < -0.39 is 16.1 Å². The van der Waals surface area contributed by atoms with Crippen molar-refractivity contribution in [1.29, 1.82) is 0 Å². The van der Waals surface area contributed by atoms with Crippen LogP contribution in [-0.4, -0.2) is 42.2 Å². The van der Waals surface area contributed by atoms with Gasteiger partial charge in [0.1, 0.15) is 6.23 Å². The Bertz CT molecular complexity index is 1770. The molecule has 7 rings (SSSR count). The Labute approximate surface area is 233 Å². The Kier molecular flexibility index (Phi) is 5.96. The molecule has 0 bridgehead atoms. The fourth-order valence-corrected chi connectivity index (χ4v) is 7.94. The minimum absolute atomic E-state index is 0.00186. The molecule has 4 aromatic rings. The molecule has 40 heavy (non-hydrogen) atoms. The third-order valence-corrected chi connectivity index (χ3v) is 10.0. The van der Waals surface area contributed by atoms with Crippen molar-refractivity contribution < 1.29 is 22.7 Å². The molecule has 1 aromatic heterocycles. The normalized spacial score (nSPS) is 23.9. The quantitative estimate of drug-likeness (QED) is 0.306. The minimum atomic E-state index is -3.87. The molecule has 8 heteroatoms. The maximum atomic E-state index is 13.9. The van der Waals surface area contributed by atoms with Crippen LogP contribution in [0, 0.1) is 6.92 Å². The van der Waals surface area contributed by atoms with E-state index in [1.54, 1.807) is 37.4 Å². The van der Waals surface area contributed by atoms with Crippen LogP contribution in [0.4, 0.5) is 0 Å². The maximum absolute atomic E-state index is 13.9. The number of aryl methyl sites for hydroxylation is 1. The van der Waals surface area contributed by atoms with Gasteiger partial charge in [0.2, 0.25) is 0 Å². The monoisotopic (exact) mass is 554 g/mol. The van der Waals surface area contributed by atoms with E-state index in [2.05, 4.69) is 17.0 Å². The van der Waals surface area contributed by atoms with Crippen molar-refractivity contribution in [3.63, 3.8) is 0 Å². The fraction of sp³-hybridized carbons (Fsp3) is 0.281. The van der Waals surface area contributed by atoms with Crippen LogP contribution in [0.2, 0.25) is 0 Å². The zero-order valence-electron chi connectivity index (χ0n) is 22.4. The van der Waals surface area contributed by atoms with Crippen LogP contribution in [0.15, 0.2) is 95.5 Å². The van der Waals surface area contributed by atoms with E-state index in [9.17, 15) is 13.2 Å². The van der Waals surface area contributed by atoms with Crippen molar-refractivity contribution in [2.45, 2.75) is 56.0 Å². The molecule has 0 amide bonds. The van der Waals surface area contributed by atoms with Crippen LogP contribution in [0.1, 0.15) is 47.7 Å². The van der Waals surface area contributed by atoms with Gasteiger partial charge in [-0.1, -0.05) is 66.2 Å². The number of aromatic nitrogens is 1. The van der Waals surface area contributed by atoms with Crippen molar-refractivity contribution in [1.82, 2.24) is 8.87 Å². The van der Waals surface area contributed by atoms with Crippen LogP contribution in [-0.2, 0) is 30.7 Å². The van der Waals surface area contributed by atoms with E-state index in [1.807, 2.05) is 49.4 Å². The van der Waals surface area contributed by atoms with E-state index in [0.717, 1.165) is 22.9 Å². The van der Waals surface area contributed by atoms with Crippen molar-refractivity contribution in [3.05, 3.63) is 113 Å². The second-order valence-corrected chi connectivity index (χ2v) is 12.5. The number of hydrogen-bond donors (Lipinski definition) is 0. The van der Waals surface area contributed by atoms with Crippen LogP contribution in [0.3, 0.4) is 0 Å². The third kappa shape index (κ3) is 3.85. The predicted molar refractivity (Wildman–Crippen MR) is 151 cm³/mol. The molecule has 0 saturated carbocycles. The summed E-state index contributed by atoms with van der Waals surface area (Å²) in [5.41, 5.74) is 5.44. The number of nitrogens with zero attached hydrogens (tertiary/aromatic N) is 2. The Hall–Kier alpha value is -3.72. The Morgan fingerprint density at radius 1 is 0.975 bits per heavy atom. The zero-order valence-corrected chi connectivity index (χ0v) is 23.2. The highest BCUT2D eigenvalue weighted by Gasteiger charge is 2.52. The van der Waals surface area contributed by atoms with Crippen molar-refractivity contribution in [2.75, 3.05) is 6.61 Å². The minimum Gasteiger partial charge on any atom is -0.463 e. The lowest BCUT2D eigenvalue weighted by molar-refractivity contribution is -0.139. The van der Waals surface area contributed by atoms with Crippen LogP contribution >= 0.6 is 0 Å². The van der Waals surface area contributed by atoms with E-state index in [1.165, 1.54) is 15.1 Å². The number of hydrogen-bond acceptors (Lipinski definition) is 6. The molecule has 1 fully saturated rings. The second kappa shape index (κ2) is 9.44. The van der Waals surface area contributed by atoms with Crippen molar-refractivity contribution >= 4 is 26.9 Å². The number of carbonyl (C=O) groups excluding carboxylic acids is 1. The summed E-state index contributed by atoms with van der Waals surface area (Å²) >= 11 is 0. The van der Waals surface area contributed by atoms with E-state index in [-0.39, 0.29) is 35.8 Å². The second-order valence-electron chi connectivity index (χ2n) is 10.7. The molecule has 1 saturated heterocycles. The number of ether oxygens (including phenoxy) is 2. The highest BCUT2D eigenvalue weighted by atomic mass is 32.2. The Balaban J connectivity index is 1.41. The largest absolute Gasteiger partial charge is 0.463 e. The molecule has 7 nitrogen and oxygen atoms in total. The van der Waals surface area contributed by atoms with Crippen LogP contribution < -0.4 is 0 Å². The molecule has 4 atom stereocenters. The topological polar surface area (TPSA) is 77.8 Å². The first-order valence-electron chi connectivity index (χ1n) is 13.7. The molecule has 0 unspecified atom stereocenters.